The molecule has 0 bridgehead atoms. The molecule has 0 saturated heterocycles. The predicted octanol–water partition coefficient (Wildman–Crippen LogP) is 3.87. The number of nitrogens with one attached hydrogen (secondary N) is 1. The van der Waals surface area contributed by atoms with Crippen molar-refractivity contribution in [3.05, 3.63) is 0 Å². The lowest BCUT2D eigenvalue weighted by atomic mass is 9.95. The lowest BCUT2D eigenvalue weighted by Crippen LogP contribution is -2.50. The Morgan fingerprint density at radius 3 is 2.55 bits per heavy atom. The lowest BCUT2D eigenvalue weighted by Gasteiger charge is -2.28. The van der Waals surface area contributed by atoms with Crippen LogP contribution in [-0.4, -0.2) is 36.2 Å². The zero-order chi connectivity index (χ0) is 15.4. The van der Waals surface area contributed by atoms with E-state index in [1.165, 1.54) is 17.9 Å². The molecule has 1 N–H and O–H groups in total. The van der Waals surface area contributed by atoms with Gasteiger partial charge in [-0.1, -0.05) is 27.2 Å². The van der Waals surface area contributed by atoms with Crippen molar-refractivity contribution in [2.24, 2.45) is 5.92 Å². The van der Waals surface area contributed by atoms with Crippen molar-refractivity contribution in [2.45, 2.75) is 65.8 Å². The zero-order valence-corrected chi connectivity index (χ0v) is 14.8. The largest absolute Gasteiger partial charge is 0.465 e. The second-order valence-electron chi connectivity index (χ2n) is 5.91. The van der Waals surface area contributed by atoms with Crippen LogP contribution in [0, 0.1) is 5.92 Å². The number of esters is 1. The maximum Gasteiger partial charge on any atom is 0.326 e. The van der Waals surface area contributed by atoms with E-state index >= 15 is 0 Å². The Labute approximate surface area is 129 Å². The molecule has 120 valence electrons. The van der Waals surface area contributed by atoms with Gasteiger partial charge >= 0.3 is 5.97 Å². The van der Waals surface area contributed by atoms with Crippen molar-refractivity contribution in [1.29, 1.82) is 0 Å². The van der Waals surface area contributed by atoms with Crippen LogP contribution in [0.4, 0.5) is 0 Å². The van der Waals surface area contributed by atoms with Gasteiger partial charge < -0.3 is 10.1 Å². The molecule has 0 fully saturated rings. The van der Waals surface area contributed by atoms with E-state index in [0.29, 0.717) is 6.61 Å². The number of carbonyl (C=O) groups is 1. The van der Waals surface area contributed by atoms with Crippen molar-refractivity contribution < 1.29 is 9.53 Å². The highest BCUT2D eigenvalue weighted by molar-refractivity contribution is 7.99. The lowest BCUT2D eigenvalue weighted by molar-refractivity contribution is -0.150. The highest BCUT2D eigenvalue weighted by atomic mass is 32.2. The second-order valence-corrected chi connectivity index (χ2v) is 7.06. The molecule has 1 atom stereocenters. The van der Waals surface area contributed by atoms with Gasteiger partial charge in [-0.25, -0.2) is 0 Å². The van der Waals surface area contributed by atoms with Crippen molar-refractivity contribution in [3.8, 4) is 0 Å². The van der Waals surface area contributed by atoms with Gasteiger partial charge in [0.15, 0.2) is 0 Å². The van der Waals surface area contributed by atoms with Gasteiger partial charge in [-0.2, -0.15) is 11.8 Å². The summed E-state index contributed by atoms with van der Waals surface area (Å²) >= 11 is 2.01. The molecule has 0 aromatic heterocycles. The summed E-state index contributed by atoms with van der Waals surface area (Å²) in [4.78, 5) is 12.1. The van der Waals surface area contributed by atoms with Gasteiger partial charge in [0.1, 0.15) is 5.54 Å². The fourth-order valence-corrected chi connectivity index (χ4v) is 3.00. The third kappa shape index (κ3) is 8.85. The molecule has 0 rings (SSSR count). The standard InChI is InChI=1S/C16H33NO2S/c1-6-11-17-16(5,15(18)19-7-2)10-8-9-12-20-13-14(3)4/h14,17H,6-13H2,1-5H3. The number of ether oxygens (including phenoxy) is 1. The third-order valence-corrected chi connectivity index (χ3v) is 4.64. The first-order valence-corrected chi connectivity index (χ1v) is 9.11. The molecule has 0 spiro atoms. The smallest absolute Gasteiger partial charge is 0.326 e. The molecule has 0 saturated carbocycles. The summed E-state index contributed by atoms with van der Waals surface area (Å²) in [6.07, 6.45) is 4.12. The van der Waals surface area contributed by atoms with Gasteiger partial charge in [0, 0.05) is 0 Å². The quantitative estimate of drug-likeness (QED) is 0.439. The first kappa shape index (κ1) is 19.8. The Bertz CT molecular complexity index is 259. The van der Waals surface area contributed by atoms with E-state index in [4.69, 9.17) is 4.74 Å². The van der Waals surface area contributed by atoms with E-state index in [1.54, 1.807) is 0 Å². The van der Waals surface area contributed by atoms with Crippen LogP contribution >= 0.6 is 11.8 Å². The van der Waals surface area contributed by atoms with E-state index in [2.05, 4.69) is 26.1 Å². The van der Waals surface area contributed by atoms with Crippen molar-refractivity contribution in [2.75, 3.05) is 24.7 Å². The second kappa shape index (κ2) is 11.4. The van der Waals surface area contributed by atoms with Crippen LogP contribution in [-0.2, 0) is 9.53 Å². The first-order valence-electron chi connectivity index (χ1n) is 7.96. The van der Waals surface area contributed by atoms with Gasteiger partial charge in [-0.15, -0.1) is 0 Å². The van der Waals surface area contributed by atoms with Crippen LogP contribution in [0.2, 0.25) is 0 Å². The topological polar surface area (TPSA) is 38.3 Å². The Kier molecular flexibility index (Phi) is 11.3. The number of thioether (sulfide) groups is 1. The van der Waals surface area contributed by atoms with Crippen LogP contribution < -0.4 is 5.32 Å². The minimum atomic E-state index is -0.519. The van der Waals surface area contributed by atoms with E-state index < -0.39 is 5.54 Å². The Morgan fingerprint density at radius 2 is 2.00 bits per heavy atom. The molecule has 20 heavy (non-hydrogen) atoms. The fraction of sp³-hybridized carbons (Fsp3) is 0.938. The first-order chi connectivity index (χ1) is 9.46. The van der Waals surface area contributed by atoms with Crippen molar-refractivity contribution in [3.63, 3.8) is 0 Å². The van der Waals surface area contributed by atoms with Crippen molar-refractivity contribution in [1.82, 2.24) is 5.32 Å². The van der Waals surface area contributed by atoms with Crippen LogP contribution in [0.15, 0.2) is 0 Å². The van der Waals surface area contributed by atoms with Gasteiger partial charge in [0.2, 0.25) is 0 Å². The molecule has 3 nitrogen and oxygen atoms in total. The monoisotopic (exact) mass is 303 g/mol. The van der Waals surface area contributed by atoms with Crippen molar-refractivity contribution >= 4 is 17.7 Å². The average molecular weight is 304 g/mol. The van der Waals surface area contributed by atoms with E-state index in [1.807, 2.05) is 25.6 Å². The SMILES string of the molecule is CCCNC(C)(CCCCSCC(C)C)C(=O)OCC. The number of hydrogen-bond donors (Lipinski definition) is 1. The summed E-state index contributed by atoms with van der Waals surface area (Å²) in [5.41, 5.74) is -0.519. The Morgan fingerprint density at radius 1 is 1.30 bits per heavy atom. The van der Waals surface area contributed by atoms with Crippen LogP contribution in [0.1, 0.15) is 60.3 Å². The molecule has 1 unspecified atom stereocenters. The molecule has 0 aliphatic carbocycles. The summed E-state index contributed by atoms with van der Waals surface area (Å²) in [5.74, 6) is 3.06. The van der Waals surface area contributed by atoms with E-state index in [-0.39, 0.29) is 5.97 Å². The highest BCUT2D eigenvalue weighted by Gasteiger charge is 2.33. The summed E-state index contributed by atoms with van der Waals surface area (Å²) in [6, 6.07) is 0. The van der Waals surface area contributed by atoms with Gasteiger partial charge in [0.05, 0.1) is 6.61 Å². The van der Waals surface area contributed by atoms with Crippen LogP contribution in [0.25, 0.3) is 0 Å². The highest BCUT2D eigenvalue weighted by Crippen LogP contribution is 2.18. The number of rotatable bonds is 12. The Balaban J connectivity index is 4.06. The molecule has 0 aliphatic heterocycles. The van der Waals surface area contributed by atoms with Gasteiger partial charge in [-0.3, -0.25) is 4.79 Å². The zero-order valence-electron chi connectivity index (χ0n) is 14.0. The minimum Gasteiger partial charge on any atom is -0.465 e. The predicted molar refractivity (Wildman–Crippen MR) is 89.3 cm³/mol. The summed E-state index contributed by atoms with van der Waals surface area (Å²) in [6.45, 7) is 11.8. The molecule has 0 radical (unpaired) electrons. The summed E-state index contributed by atoms with van der Waals surface area (Å²) in [7, 11) is 0. The van der Waals surface area contributed by atoms with E-state index in [9.17, 15) is 4.79 Å². The van der Waals surface area contributed by atoms with E-state index in [0.717, 1.165) is 31.7 Å². The fourth-order valence-electron chi connectivity index (χ4n) is 1.96. The molecular formula is C16H33NO2S. The van der Waals surface area contributed by atoms with Crippen LogP contribution in [0.3, 0.4) is 0 Å². The number of carbonyl (C=O) groups excluding carboxylic acids is 1. The van der Waals surface area contributed by atoms with Gasteiger partial charge in [-0.05, 0) is 57.1 Å². The maximum atomic E-state index is 12.1. The molecular weight excluding hydrogens is 270 g/mol. The maximum absolute atomic E-state index is 12.1. The minimum absolute atomic E-state index is 0.108. The third-order valence-electron chi connectivity index (χ3n) is 3.16. The number of unbranched alkanes of at least 4 members (excludes halogenated alkanes) is 1. The molecule has 0 aromatic carbocycles. The average Bonchev–Trinajstić information content (AvgIpc) is 2.40. The summed E-state index contributed by atoms with van der Waals surface area (Å²) < 4.78 is 5.21. The molecule has 4 heteroatoms. The Hall–Kier alpha value is -0.220. The molecule has 0 heterocycles. The molecule has 0 aromatic rings. The summed E-state index contributed by atoms with van der Waals surface area (Å²) in [5, 5.41) is 3.36. The van der Waals surface area contributed by atoms with Gasteiger partial charge in [0.25, 0.3) is 0 Å². The number of hydrogen-bond acceptors (Lipinski definition) is 4. The molecule has 0 aliphatic rings. The molecule has 0 amide bonds. The normalized spacial score (nSPS) is 14.3. The van der Waals surface area contributed by atoms with Crippen LogP contribution in [0.5, 0.6) is 0 Å².